The molecule has 1 aliphatic heterocycles. The lowest BCUT2D eigenvalue weighted by atomic mass is 10.0. The van der Waals surface area contributed by atoms with Gasteiger partial charge in [0, 0.05) is 32.3 Å². The number of rotatable bonds is 4. The first kappa shape index (κ1) is 13.5. The summed E-state index contributed by atoms with van der Waals surface area (Å²) in [6, 6.07) is 6.45. The molecular formula is C14H21FN2O. The molecule has 100 valence electrons. The van der Waals surface area contributed by atoms with Gasteiger partial charge in [0.2, 0.25) is 0 Å². The minimum atomic E-state index is -0.212. The summed E-state index contributed by atoms with van der Waals surface area (Å²) in [6.07, 6.45) is 1.98. The van der Waals surface area contributed by atoms with Crippen LogP contribution in [0.5, 0.6) is 0 Å². The second-order valence-electron chi connectivity index (χ2n) is 4.75. The van der Waals surface area contributed by atoms with Gasteiger partial charge in [-0.25, -0.2) is 4.39 Å². The topological polar surface area (TPSA) is 38.5 Å². The van der Waals surface area contributed by atoms with Crippen molar-refractivity contribution in [1.29, 1.82) is 0 Å². The molecule has 1 atom stereocenters. The molecule has 1 fully saturated rings. The summed E-state index contributed by atoms with van der Waals surface area (Å²) < 4.78 is 18.2. The summed E-state index contributed by atoms with van der Waals surface area (Å²) in [4.78, 5) is 2.39. The summed E-state index contributed by atoms with van der Waals surface area (Å²) >= 11 is 0. The van der Waals surface area contributed by atoms with Gasteiger partial charge in [-0.3, -0.25) is 0 Å². The van der Waals surface area contributed by atoms with Gasteiger partial charge < -0.3 is 15.4 Å². The van der Waals surface area contributed by atoms with Crippen molar-refractivity contribution in [3.8, 4) is 0 Å². The van der Waals surface area contributed by atoms with Crippen molar-refractivity contribution in [2.45, 2.75) is 18.9 Å². The van der Waals surface area contributed by atoms with Crippen molar-refractivity contribution < 1.29 is 9.13 Å². The SMILES string of the molecule is NC(CCN1CCCOCC1)c1ccc(F)cc1. The van der Waals surface area contributed by atoms with E-state index in [4.69, 9.17) is 10.5 Å². The summed E-state index contributed by atoms with van der Waals surface area (Å²) in [5, 5.41) is 0. The highest BCUT2D eigenvalue weighted by molar-refractivity contribution is 5.19. The Hall–Kier alpha value is -0.970. The van der Waals surface area contributed by atoms with Gasteiger partial charge in [-0.1, -0.05) is 12.1 Å². The monoisotopic (exact) mass is 252 g/mol. The zero-order valence-electron chi connectivity index (χ0n) is 10.6. The number of halogens is 1. The number of hydrogen-bond donors (Lipinski definition) is 1. The fraction of sp³-hybridized carbons (Fsp3) is 0.571. The van der Waals surface area contributed by atoms with E-state index in [0.29, 0.717) is 0 Å². The van der Waals surface area contributed by atoms with E-state index in [9.17, 15) is 4.39 Å². The van der Waals surface area contributed by atoms with Crippen molar-refractivity contribution in [2.75, 3.05) is 32.8 Å². The minimum Gasteiger partial charge on any atom is -0.380 e. The van der Waals surface area contributed by atoms with Gasteiger partial charge >= 0.3 is 0 Å². The smallest absolute Gasteiger partial charge is 0.123 e. The highest BCUT2D eigenvalue weighted by Crippen LogP contribution is 2.15. The first-order valence-corrected chi connectivity index (χ1v) is 6.57. The van der Waals surface area contributed by atoms with E-state index in [1.165, 1.54) is 12.1 Å². The van der Waals surface area contributed by atoms with Crippen LogP contribution in [0.15, 0.2) is 24.3 Å². The molecule has 0 radical (unpaired) electrons. The zero-order chi connectivity index (χ0) is 12.8. The average molecular weight is 252 g/mol. The standard InChI is InChI=1S/C14H21FN2O/c15-13-4-2-12(3-5-13)14(16)6-8-17-7-1-10-18-11-9-17/h2-5,14H,1,6-11,16H2. The summed E-state index contributed by atoms with van der Waals surface area (Å²) in [7, 11) is 0. The van der Waals surface area contributed by atoms with E-state index in [2.05, 4.69) is 4.90 Å². The number of nitrogens with two attached hydrogens (primary N) is 1. The molecule has 0 spiro atoms. The molecule has 3 nitrogen and oxygen atoms in total. The maximum atomic E-state index is 12.8. The van der Waals surface area contributed by atoms with Crippen molar-refractivity contribution >= 4 is 0 Å². The van der Waals surface area contributed by atoms with Gasteiger partial charge in [-0.2, -0.15) is 0 Å². The van der Waals surface area contributed by atoms with Crippen LogP contribution in [0.3, 0.4) is 0 Å². The Bertz CT molecular complexity index is 347. The fourth-order valence-electron chi connectivity index (χ4n) is 2.22. The van der Waals surface area contributed by atoms with Crippen LogP contribution in [-0.2, 0) is 4.74 Å². The molecular weight excluding hydrogens is 231 g/mol. The van der Waals surface area contributed by atoms with Crippen molar-refractivity contribution in [3.63, 3.8) is 0 Å². The third-order valence-electron chi connectivity index (χ3n) is 3.37. The van der Waals surface area contributed by atoms with Gasteiger partial charge in [0.1, 0.15) is 5.82 Å². The normalized spacial score (nSPS) is 19.4. The van der Waals surface area contributed by atoms with Gasteiger partial charge in [-0.15, -0.1) is 0 Å². The van der Waals surface area contributed by atoms with Gasteiger partial charge in [0.25, 0.3) is 0 Å². The van der Waals surface area contributed by atoms with Crippen LogP contribution in [0.2, 0.25) is 0 Å². The van der Waals surface area contributed by atoms with Crippen molar-refractivity contribution in [3.05, 3.63) is 35.6 Å². The van der Waals surface area contributed by atoms with Crippen molar-refractivity contribution in [2.24, 2.45) is 5.73 Å². The Morgan fingerprint density at radius 1 is 1.22 bits per heavy atom. The number of hydrogen-bond acceptors (Lipinski definition) is 3. The highest BCUT2D eigenvalue weighted by atomic mass is 19.1. The highest BCUT2D eigenvalue weighted by Gasteiger charge is 2.12. The van der Waals surface area contributed by atoms with E-state index in [-0.39, 0.29) is 11.9 Å². The minimum absolute atomic E-state index is 0.0187. The number of benzene rings is 1. The quantitative estimate of drug-likeness (QED) is 0.890. The van der Waals surface area contributed by atoms with Gasteiger partial charge in [0.15, 0.2) is 0 Å². The maximum Gasteiger partial charge on any atom is 0.123 e. The molecule has 1 heterocycles. The maximum absolute atomic E-state index is 12.8. The fourth-order valence-corrected chi connectivity index (χ4v) is 2.22. The second-order valence-corrected chi connectivity index (χ2v) is 4.75. The Morgan fingerprint density at radius 2 is 2.00 bits per heavy atom. The first-order chi connectivity index (χ1) is 8.75. The molecule has 1 aromatic carbocycles. The molecule has 0 bridgehead atoms. The van der Waals surface area contributed by atoms with Gasteiger partial charge in [0.05, 0.1) is 6.61 Å². The van der Waals surface area contributed by atoms with E-state index in [1.807, 2.05) is 0 Å². The van der Waals surface area contributed by atoms with Crippen LogP contribution in [0.4, 0.5) is 4.39 Å². The second kappa shape index (κ2) is 6.83. The molecule has 1 unspecified atom stereocenters. The van der Waals surface area contributed by atoms with Crippen LogP contribution in [0, 0.1) is 5.82 Å². The largest absolute Gasteiger partial charge is 0.380 e. The Kier molecular flexibility index (Phi) is 5.11. The molecule has 0 amide bonds. The Morgan fingerprint density at radius 3 is 2.78 bits per heavy atom. The lowest BCUT2D eigenvalue weighted by molar-refractivity contribution is 0.141. The molecule has 0 aliphatic carbocycles. The number of nitrogens with zero attached hydrogens (tertiary/aromatic N) is 1. The van der Waals surface area contributed by atoms with E-state index < -0.39 is 0 Å². The molecule has 4 heteroatoms. The lowest BCUT2D eigenvalue weighted by Crippen LogP contribution is -2.29. The Labute approximate surface area is 108 Å². The molecule has 0 aromatic heterocycles. The van der Waals surface area contributed by atoms with Crippen LogP contribution in [-0.4, -0.2) is 37.7 Å². The van der Waals surface area contributed by atoms with E-state index >= 15 is 0 Å². The van der Waals surface area contributed by atoms with E-state index in [1.54, 1.807) is 12.1 Å². The van der Waals surface area contributed by atoms with Crippen LogP contribution in [0.25, 0.3) is 0 Å². The van der Waals surface area contributed by atoms with Crippen LogP contribution in [0.1, 0.15) is 24.4 Å². The molecule has 2 N–H and O–H groups in total. The van der Waals surface area contributed by atoms with Gasteiger partial charge in [-0.05, 0) is 30.5 Å². The summed E-state index contributed by atoms with van der Waals surface area (Å²) in [6.45, 7) is 4.71. The molecule has 1 aliphatic rings. The van der Waals surface area contributed by atoms with Crippen molar-refractivity contribution in [1.82, 2.24) is 4.90 Å². The molecule has 1 saturated heterocycles. The third kappa shape index (κ3) is 4.05. The Balaban J connectivity index is 1.80. The van der Waals surface area contributed by atoms with Crippen LogP contribution >= 0.6 is 0 Å². The summed E-state index contributed by atoms with van der Waals surface area (Å²) in [5.74, 6) is -0.212. The molecule has 2 rings (SSSR count). The average Bonchev–Trinajstić information content (AvgIpc) is 2.65. The predicted molar refractivity (Wildman–Crippen MR) is 69.8 cm³/mol. The third-order valence-corrected chi connectivity index (χ3v) is 3.37. The zero-order valence-corrected chi connectivity index (χ0v) is 10.6. The first-order valence-electron chi connectivity index (χ1n) is 6.57. The molecule has 1 aromatic rings. The lowest BCUT2D eigenvalue weighted by Gasteiger charge is -2.21. The molecule has 0 saturated carbocycles. The summed E-state index contributed by atoms with van der Waals surface area (Å²) in [5.41, 5.74) is 7.12. The van der Waals surface area contributed by atoms with E-state index in [0.717, 1.165) is 51.3 Å². The predicted octanol–water partition coefficient (Wildman–Crippen LogP) is 1.94. The molecule has 18 heavy (non-hydrogen) atoms. The van der Waals surface area contributed by atoms with Crippen LogP contribution < -0.4 is 5.73 Å². The number of ether oxygens (including phenoxy) is 1.